The highest BCUT2D eigenvalue weighted by Crippen LogP contribution is 2.30. The first-order valence-corrected chi connectivity index (χ1v) is 8.27. The van der Waals surface area contributed by atoms with E-state index < -0.39 is 0 Å². The van der Waals surface area contributed by atoms with Gasteiger partial charge in [0.15, 0.2) is 0 Å². The van der Waals surface area contributed by atoms with Gasteiger partial charge in [0.2, 0.25) is 0 Å². The van der Waals surface area contributed by atoms with Crippen LogP contribution < -0.4 is 0 Å². The zero-order valence-corrected chi connectivity index (χ0v) is 13.0. The molecule has 0 radical (unpaired) electrons. The lowest BCUT2D eigenvalue weighted by Gasteiger charge is -2.31. The smallest absolute Gasteiger partial charge is 0.254 e. The second kappa shape index (κ2) is 5.43. The van der Waals surface area contributed by atoms with Crippen molar-refractivity contribution in [3.05, 3.63) is 35.0 Å². The Hall–Kier alpha value is -1.81. The number of carbonyl (C=O) groups excluding carboxylic acids is 1. The first kappa shape index (κ1) is 13.8. The second-order valence-electron chi connectivity index (χ2n) is 6.48. The van der Waals surface area contributed by atoms with Crippen LogP contribution in [0.1, 0.15) is 41.4 Å². The van der Waals surface area contributed by atoms with Gasteiger partial charge in [-0.3, -0.25) is 4.79 Å². The molecule has 2 aliphatic rings. The van der Waals surface area contributed by atoms with Gasteiger partial charge in [-0.2, -0.15) is 0 Å². The third-order valence-corrected chi connectivity index (χ3v) is 4.87. The molecule has 0 bridgehead atoms. The Morgan fingerprint density at radius 3 is 3.05 bits per heavy atom. The fourth-order valence-electron chi connectivity index (χ4n) is 3.72. The zero-order chi connectivity index (χ0) is 15.1. The molecular weight excluding hydrogens is 276 g/mol. The summed E-state index contributed by atoms with van der Waals surface area (Å²) in [7, 11) is 0. The summed E-state index contributed by atoms with van der Waals surface area (Å²) < 4.78 is 5.53. The number of ether oxygens (including phenoxy) is 1. The van der Waals surface area contributed by atoms with Crippen LogP contribution in [0.2, 0.25) is 0 Å². The van der Waals surface area contributed by atoms with Crippen molar-refractivity contribution in [2.75, 3.05) is 19.7 Å². The number of amides is 1. The average Bonchev–Trinajstić information content (AvgIpc) is 2.92. The predicted molar refractivity (Wildman–Crippen MR) is 86.3 cm³/mol. The Morgan fingerprint density at radius 1 is 1.32 bits per heavy atom. The summed E-state index contributed by atoms with van der Waals surface area (Å²) in [6.45, 7) is 4.02. The fraction of sp³-hybridized carbons (Fsp3) is 0.500. The molecule has 4 nitrogen and oxygen atoms in total. The first-order valence-electron chi connectivity index (χ1n) is 8.27. The van der Waals surface area contributed by atoms with E-state index in [1.165, 1.54) is 35.0 Å². The van der Waals surface area contributed by atoms with Gasteiger partial charge >= 0.3 is 0 Å². The summed E-state index contributed by atoms with van der Waals surface area (Å²) in [5, 5.41) is 1.24. The third kappa shape index (κ3) is 2.31. The number of aromatic amines is 1. The minimum atomic E-state index is 0.126. The van der Waals surface area contributed by atoms with E-state index >= 15 is 0 Å². The van der Waals surface area contributed by atoms with E-state index in [0.717, 1.165) is 18.4 Å². The highest BCUT2D eigenvalue weighted by Gasteiger charge is 2.23. The summed E-state index contributed by atoms with van der Waals surface area (Å²) in [5.74, 6) is 0.128. The normalized spacial score (nSPS) is 21.9. The van der Waals surface area contributed by atoms with Gasteiger partial charge < -0.3 is 14.6 Å². The zero-order valence-electron chi connectivity index (χ0n) is 13.0. The van der Waals surface area contributed by atoms with Gasteiger partial charge in [-0.25, -0.2) is 0 Å². The number of fused-ring (bicyclic) bond motifs is 3. The van der Waals surface area contributed by atoms with Gasteiger partial charge in [0.25, 0.3) is 5.91 Å². The fourth-order valence-corrected chi connectivity index (χ4v) is 3.72. The minimum Gasteiger partial charge on any atom is -0.375 e. The molecule has 1 aliphatic carbocycles. The van der Waals surface area contributed by atoms with Crippen LogP contribution >= 0.6 is 0 Å². The van der Waals surface area contributed by atoms with Crippen LogP contribution in [-0.2, 0) is 17.6 Å². The molecule has 4 heteroatoms. The average molecular weight is 298 g/mol. The van der Waals surface area contributed by atoms with Crippen molar-refractivity contribution >= 4 is 16.8 Å². The molecule has 0 unspecified atom stereocenters. The molecule has 1 atom stereocenters. The molecule has 0 spiro atoms. The molecule has 2 aromatic rings. The molecule has 116 valence electrons. The number of nitrogens with one attached hydrogen (secondary N) is 1. The monoisotopic (exact) mass is 298 g/mol. The summed E-state index contributed by atoms with van der Waals surface area (Å²) in [6, 6.07) is 6.09. The summed E-state index contributed by atoms with van der Waals surface area (Å²) in [6.07, 6.45) is 4.90. The van der Waals surface area contributed by atoms with Crippen LogP contribution in [0.3, 0.4) is 0 Å². The maximum atomic E-state index is 12.7. The van der Waals surface area contributed by atoms with E-state index in [-0.39, 0.29) is 12.0 Å². The lowest BCUT2D eigenvalue weighted by molar-refractivity contribution is -0.0124. The van der Waals surface area contributed by atoms with Crippen molar-refractivity contribution in [3.63, 3.8) is 0 Å². The van der Waals surface area contributed by atoms with Crippen LogP contribution in [0.4, 0.5) is 0 Å². The number of carbonyl (C=O) groups is 1. The van der Waals surface area contributed by atoms with Crippen LogP contribution in [0.25, 0.3) is 10.9 Å². The Kier molecular flexibility index (Phi) is 3.41. The van der Waals surface area contributed by atoms with E-state index in [9.17, 15) is 4.79 Å². The standard InChI is InChI=1S/C18H22N2O2/c1-12-11-20(8-9-22-12)18(21)13-6-7-17-15(10-13)14-4-2-3-5-16(14)19-17/h6-7,10,12,19H,2-5,8-9,11H2,1H3/t12-/m0/s1. The van der Waals surface area contributed by atoms with Gasteiger partial charge in [0, 0.05) is 35.2 Å². The quantitative estimate of drug-likeness (QED) is 0.880. The predicted octanol–water partition coefficient (Wildman–Crippen LogP) is 2.91. The summed E-state index contributed by atoms with van der Waals surface area (Å²) in [5.41, 5.74) is 4.75. The third-order valence-electron chi connectivity index (χ3n) is 4.87. The SMILES string of the molecule is C[C@H]1CN(C(=O)c2ccc3[nH]c4c(c3c2)CCCC4)CCO1. The molecule has 2 heterocycles. The molecule has 1 aromatic carbocycles. The number of hydrogen-bond donors (Lipinski definition) is 1. The number of benzene rings is 1. The maximum absolute atomic E-state index is 12.7. The summed E-state index contributed by atoms with van der Waals surface area (Å²) >= 11 is 0. The van der Waals surface area contributed by atoms with E-state index in [1.54, 1.807) is 0 Å². The van der Waals surface area contributed by atoms with Crippen molar-refractivity contribution in [2.45, 2.75) is 38.7 Å². The Labute approximate surface area is 130 Å². The lowest BCUT2D eigenvalue weighted by atomic mass is 9.95. The number of nitrogens with zero attached hydrogens (tertiary/aromatic N) is 1. The van der Waals surface area contributed by atoms with E-state index in [1.807, 2.05) is 17.9 Å². The van der Waals surface area contributed by atoms with Crippen molar-refractivity contribution < 1.29 is 9.53 Å². The van der Waals surface area contributed by atoms with E-state index in [4.69, 9.17) is 4.74 Å². The molecule has 22 heavy (non-hydrogen) atoms. The lowest BCUT2D eigenvalue weighted by Crippen LogP contribution is -2.44. The summed E-state index contributed by atoms with van der Waals surface area (Å²) in [4.78, 5) is 18.2. The highest BCUT2D eigenvalue weighted by molar-refractivity contribution is 5.99. The second-order valence-corrected chi connectivity index (χ2v) is 6.48. The number of H-pyrrole nitrogens is 1. The van der Waals surface area contributed by atoms with Crippen molar-refractivity contribution in [2.24, 2.45) is 0 Å². The van der Waals surface area contributed by atoms with Gasteiger partial charge in [-0.05, 0) is 56.4 Å². The van der Waals surface area contributed by atoms with Gasteiger partial charge in [-0.1, -0.05) is 0 Å². The molecular formula is C18H22N2O2. The molecule has 1 amide bonds. The largest absolute Gasteiger partial charge is 0.375 e. The molecule has 1 N–H and O–H groups in total. The minimum absolute atomic E-state index is 0.126. The van der Waals surface area contributed by atoms with Crippen molar-refractivity contribution in [1.82, 2.24) is 9.88 Å². The van der Waals surface area contributed by atoms with E-state index in [0.29, 0.717) is 19.7 Å². The van der Waals surface area contributed by atoms with E-state index in [2.05, 4.69) is 17.1 Å². The maximum Gasteiger partial charge on any atom is 0.254 e. The highest BCUT2D eigenvalue weighted by atomic mass is 16.5. The number of aryl methyl sites for hydroxylation is 2. The molecule has 1 saturated heterocycles. The number of morpholine rings is 1. The Balaban J connectivity index is 1.68. The van der Waals surface area contributed by atoms with Crippen molar-refractivity contribution in [3.8, 4) is 0 Å². The van der Waals surface area contributed by atoms with Gasteiger partial charge in [0.1, 0.15) is 0 Å². The van der Waals surface area contributed by atoms with Crippen LogP contribution in [0.15, 0.2) is 18.2 Å². The number of hydrogen-bond acceptors (Lipinski definition) is 2. The van der Waals surface area contributed by atoms with Gasteiger partial charge in [0.05, 0.1) is 12.7 Å². The van der Waals surface area contributed by atoms with Crippen LogP contribution in [0.5, 0.6) is 0 Å². The van der Waals surface area contributed by atoms with Crippen LogP contribution in [0, 0.1) is 0 Å². The molecule has 1 aliphatic heterocycles. The molecule has 4 rings (SSSR count). The Morgan fingerprint density at radius 2 is 2.18 bits per heavy atom. The van der Waals surface area contributed by atoms with Crippen LogP contribution in [-0.4, -0.2) is 41.6 Å². The first-order chi connectivity index (χ1) is 10.7. The Bertz CT molecular complexity index is 719. The number of aromatic nitrogens is 1. The molecule has 1 aromatic heterocycles. The number of rotatable bonds is 1. The molecule has 0 saturated carbocycles. The van der Waals surface area contributed by atoms with Gasteiger partial charge in [-0.15, -0.1) is 0 Å². The topological polar surface area (TPSA) is 45.3 Å². The molecule has 1 fully saturated rings. The van der Waals surface area contributed by atoms with Crippen molar-refractivity contribution in [1.29, 1.82) is 0 Å².